The van der Waals surface area contributed by atoms with Gasteiger partial charge in [-0.2, -0.15) is 0 Å². The number of likely N-dealkylation sites (tertiary alicyclic amines) is 1. The molecule has 2 amide bonds. The number of carbonyl (C=O) groups excluding carboxylic acids is 2. The normalized spacial score (nSPS) is 21.3. The maximum absolute atomic E-state index is 13.2. The van der Waals surface area contributed by atoms with Crippen LogP contribution in [0, 0.1) is 19.8 Å². The van der Waals surface area contributed by atoms with Crippen LogP contribution in [0.25, 0.3) is 0 Å². The molecule has 2 fully saturated rings. The topological polar surface area (TPSA) is 79.1 Å². The molecule has 0 N–H and O–H groups in total. The fourth-order valence-corrected chi connectivity index (χ4v) is 5.06. The van der Waals surface area contributed by atoms with Crippen LogP contribution in [-0.2, 0) is 16.0 Å². The van der Waals surface area contributed by atoms with Crippen molar-refractivity contribution in [2.45, 2.75) is 45.6 Å². The highest BCUT2D eigenvalue weighted by molar-refractivity contribution is 6.30. The molecule has 0 bridgehead atoms. The highest BCUT2D eigenvalue weighted by Gasteiger charge is 2.35. The number of hydrogen-bond acceptors (Lipinski definition) is 6. The minimum Gasteiger partial charge on any atom is -0.490 e. The van der Waals surface area contributed by atoms with E-state index in [2.05, 4.69) is 17.1 Å². The van der Waals surface area contributed by atoms with Crippen LogP contribution in [0.2, 0.25) is 5.02 Å². The molecular formula is C26H35ClN4O4. The highest BCUT2D eigenvalue weighted by Crippen LogP contribution is 2.28. The molecule has 1 aromatic heterocycles. The maximum Gasteiger partial charge on any atom is 0.223 e. The lowest BCUT2D eigenvalue weighted by atomic mass is 9.90. The molecule has 8 nitrogen and oxygen atoms in total. The van der Waals surface area contributed by atoms with E-state index < -0.39 is 0 Å². The minimum absolute atomic E-state index is 0.0744. The molecule has 2 aliphatic heterocycles. The molecule has 190 valence electrons. The van der Waals surface area contributed by atoms with Crippen LogP contribution < -0.4 is 4.74 Å². The van der Waals surface area contributed by atoms with E-state index in [-0.39, 0.29) is 23.8 Å². The second-order valence-corrected chi connectivity index (χ2v) is 10.1. The molecule has 35 heavy (non-hydrogen) atoms. The summed E-state index contributed by atoms with van der Waals surface area (Å²) >= 11 is 6.03. The van der Waals surface area contributed by atoms with Crippen molar-refractivity contribution in [2.24, 2.45) is 5.92 Å². The number of piperazine rings is 1. The van der Waals surface area contributed by atoms with E-state index in [1.54, 1.807) is 12.1 Å². The van der Waals surface area contributed by atoms with Crippen molar-refractivity contribution in [2.75, 3.05) is 46.3 Å². The molecule has 0 aliphatic carbocycles. The fourth-order valence-electron chi connectivity index (χ4n) is 4.93. The van der Waals surface area contributed by atoms with Gasteiger partial charge in [0.15, 0.2) is 0 Å². The lowest BCUT2D eigenvalue weighted by Crippen LogP contribution is -2.51. The van der Waals surface area contributed by atoms with Gasteiger partial charge < -0.3 is 24.0 Å². The Morgan fingerprint density at radius 1 is 1.06 bits per heavy atom. The van der Waals surface area contributed by atoms with Crippen molar-refractivity contribution in [3.63, 3.8) is 0 Å². The number of aromatic nitrogens is 1. The summed E-state index contributed by atoms with van der Waals surface area (Å²) in [6.07, 6.45) is 1.91. The van der Waals surface area contributed by atoms with Crippen molar-refractivity contribution in [3.8, 4) is 5.75 Å². The van der Waals surface area contributed by atoms with Crippen LogP contribution in [0.15, 0.2) is 28.8 Å². The molecule has 2 atom stereocenters. The lowest BCUT2D eigenvalue weighted by molar-refractivity contribution is -0.140. The first-order valence-electron chi connectivity index (χ1n) is 12.4. The Kier molecular flexibility index (Phi) is 8.34. The van der Waals surface area contributed by atoms with Gasteiger partial charge in [0, 0.05) is 75.0 Å². The number of halogens is 1. The number of benzene rings is 1. The molecule has 3 heterocycles. The van der Waals surface area contributed by atoms with Crippen LogP contribution in [0.3, 0.4) is 0 Å². The fraction of sp³-hybridized carbons (Fsp3) is 0.577. The van der Waals surface area contributed by atoms with E-state index >= 15 is 0 Å². The largest absolute Gasteiger partial charge is 0.490 e. The molecule has 0 unspecified atom stereocenters. The summed E-state index contributed by atoms with van der Waals surface area (Å²) < 4.78 is 11.5. The number of hydrogen-bond donors (Lipinski definition) is 0. The molecule has 0 radical (unpaired) electrons. The molecular weight excluding hydrogens is 468 g/mol. The van der Waals surface area contributed by atoms with E-state index in [1.165, 1.54) is 0 Å². The third-order valence-electron chi connectivity index (χ3n) is 7.18. The zero-order valence-electron chi connectivity index (χ0n) is 20.8. The summed E-state index contributed by atoms with van der Waals surface area (Å²) in [6, 6.07) is 7.30. The van der Waals surface area contributed by atoms with Gasteiger partial charge in [-0.05, 0) is 51.6 Å². The second-order valence-electron chi connectivity index (χ2n) is 9.69. The van der Waals surface area contributed by atoms with Gasteiger partial charge >= 0.3 is 0 Å². The quantitative estimate of drug-likeness (QED) is 0.578. The third-order valence-corrected chi connectivity index (χ3v) is 7.43. The molecule has 9 heteroatoms. The number of nitrogens with zero attached hydrogens (tertiary/aromatic N) is 4. The molecule has 2 saturated heterocycles. The van der Waals surface area contributed by atoms with Gasteiger partial charge in [-0.15, -0.1) is 0 Å². The number of piperidine rings is 1. The Hall–Kier alpha value is -2.58. The molecule has 4 rings (SSSR count). The Labute approximate surface area is 212 Å². The average molecular weight is 503 g/mol. The maximum atomic E-state index is 13.2. The van der Waals surface area contributed by atoms with Gasteiger partial charge in [0.25, 0.3) is 0 Å². The van der Waals surface area contributed by atoms with Crippen LogP contribution in [0.1, 0.15) is 36.3 Å². The van der Waals surface area contributed by atoms with E-state index in [0.29, 0.717) is 43.8 Å². The first kappa shape index (κ1) is 25.5. The van der Waals surface area contributed by atoms with Gasteiger partial charge in [0.1, 0.15) is 17.6 Å². The van der Waals surface area contributed by atoms with Gasteiger partial charge in [-0.3, -0.25) is 9.59 Å². The van der Waals surface area contributed by atoms with Crippen LogP contribution in [-0.4, -0.2) is 84.1 Å². The summed E-state index contributed by atoms with van der Waals surface area (Å²) in [5, 5.41) is 4.64. The standard InChI is InChI=1S/C26H35ClN4O4/c1-18-23(19(2)35-28-18)8-9-25(32)31-11-10-24(34-22-6-4-21(27)5-7-22)20(17-31)16-26(33)30-14-12-29(3)13-15-30/h4-7,20,24H,8-17H2,1-3H3/t20-,24-/m0/s1. The predicted octanol–water partition coefficient (Wildman–Crippen LogP) is 3.34. The van der Waals surface area contributed by atoms with Crippen molar-refractivity contribution in [1.82, 2.24) is 19.9 Å². The predicted molar refractivity (Wildman–Crippen MR) is 134 cm³/mol. The average Bonchev–Trinajstić information content (AvgIpc) is 3.17. The monoisotopic (exact) mass is 502 g/mol. The zero-order chi connectivity index (χ0) is 24.9. The van der Waals surface area contributed by atoms with Crippen LogP contribution >= 0.6 is 11.6 Å². The summed E-state index contributed by atoms with van der Waals surface area (Å²) in [4.78, 5) is 32.3. The van der Waals surface area contributed by atoms with E-state index in [1.807, 2.05) is 35.8 Å². The van der Waals surface area contributed by atoms with E-state index in [4.69, 9.17) is 20.9 Å². The Morgan fingerprint density at radius 2 is 1.77 bits per heavy atom. The first-order chi connectivity index (χ1) is 16.8. The van der Waals surface area contributed by atoms with Gasteiger partial charge in [-0.1, -0.05) is 16.8 Å². The molecule has 2 aliphatic rings. The Balaban J connectivity index is 1.41. The van der Waals surface area contributed by atoms with Gasteiger partial charge in [0.2, 0.25) is 11.8 Å². The van der Waals surface area contributed by atoms with Crippen molar-refractivity contribution in [1.29, 1.82) is 0 Å². The summed E-state index contributed by atoms with van der Waals surface area (Å²) in [5.41, 5.74) is 1.84. The zero-order valence-corrected chi connectivity index (χ0v) is 21.6. The Morgan fingerprint density at radius 3 is 2.43 bits per heavy atom. The van der Waals surface area contributed by atoms with Crippen molar-refractivity contribution >= 4 is 23.4 Å². The molecule has 0 saturated carbocycles. The van der Waals surface area contributed by atoms with Crippen molar-refractivity contribution in [3.05, 3.63) is 46.3 Å². The minimum atomic E-state index is -0.140. The van der Waals surface area contributed by atoms with Gasteiger partial charge in [0.05, 0.1) is 5.69 Å². The number of aryl methyl sites for hydroxylation is 2. The number of amides is 2. The van der Waals surface area contributed by atoms with E-state index in [0.717, 1.165) is 48.9 Å². The summed E-state index contributed by atoms with van der Waals surface area (Å²) in [6.45, 7) is 8.14. The first-order valence-corrected chi connectivity index (χ1v) is 12.8. The number of ether oxygens (including phenoxy) is 1. The highest BCUT2D eigenvalue weighted by atomic mass is 35.5. The lowest BCUT2D eigenvalue weighted by Gasteiger charge is -2.40. The molecule has 0 spiro atoms. The summed E-state index contributed by atoms with van der Waals surface area (Å²) in [5.74, 6) is 1.65. The van der Waals surface area contributed by atoms with E-state index in [9.17, 15) is 9.59 Å². The smallest absolute Gasteiger partial charge is 0.223 e. The summed E-state index contributed by atoms with van der Waals surface area (Å²) in [7, 11) is 2.07. The third kappa shape index (κ3) is 6.55. The number of likely N-dealkylation sites (N-methyl/N-ethyl adjacent to an activating group) is 1. The number of carbonyl (C=O) groups is 2. The van der Waals surface area contributed by atoms with Crippen LogP contribution in [0.5, 0.6) is 5.75 Å². The number of rotatable bonds is 7. The molecule has 1 aromatic carbocycles. The van der Waals surface area contributed by atoms with Gasteiger partial charge in [-0.25, -0.2) is 0 Å². The SMILES string of the molecule is Cc1noc(C)c1CCC(=O)N1CC[C@H](Oc2ccc(Cl)cc2)[C@@H](CC(=O)N2CCN(C)CC2)C1. The van der Waals surface area contributed by atoms with Crippen LogP contribution in [0.4, 0.5) is 0 Å². The second kappa shape index (κ2) is 11.4. The Bertz CT molecular complexity index is 997. The van der Waals surface area contributed by atoms with Crippen molar-refractivity contribution < 1.29 is 18.8 Å². The molecule has 2 aromatic rings.